The van der Waals surface area contributed by atoms with E-state index in [0.29, 0.717) is 0 Å². The molecule has 9 aromatic rings. The number of benzene rings is 9. The molecule has 0 spiro atoms. The Balaban J connectivity index is 1.46. The van der Waals surface area contributed by atoms with Crippen molar-refractivity contribution >= 4 is 21.5 Å². The molecule has 9 aromatic carbocycles. The lowest BCUT2D eigenvalue weighted by Gasteiger charge is -2.25. The molecule has 0 amide bonds. The van der Waals surface area contributed by atoms with E-state index in [1.54, 1.807) is 0 Å². The molecule has 0 bridgehead atoms. The molecule has 63 heavy (non-hydrogen) atoms. The van der Waals surface area contributed by atoms with Crippen LogP contribution in [0, 0.1) is 34.6 Å². The van der Waals surface area contributed by atoms with Crippen LogP contribution in [0.3, 0.4) is 0 Å². The largest absolute Gasteiger partial charge is 0.0614 e. The smallest absolute Gasteiger partial charge is 0.00258 e. The second kappa shape index (κ2) is 16.0. The predicted molar refractivity (Wildman–Crippen MR) is 275 cm³/mol. The third kappa shape index (κ3) is 8.16. The average Bonchev–Trinajstić information content (AvgIpc) is 3.25. The highest BCUT2D eigenvalue weighted by Crippen LogP contribution is 2.49. The van der Waals surface area contributed by atoms with E-state index in [4.69, 9.17) is 0 Å². The molecular formula is C63H60. The third-order valence-electron chi connectivity index (χ3n) is 13.3. The van der Waals surface area contributed by atoms with Gasteiger partial charge in [-0.2, -0.15) is 0 Å². The standard InChI is InChI=1S/C63H60/c1-39-16-12-20-44(28-39)47-31-48(45-21-13-17-40(2)29-45)34-51(33-47)60-56-26-24-54(63(9,10)11)38-59(56)61(57-27-25-53(37-58(57)60)62(6,7)8)52-35-49(46-22-14-18-41(3)30-46)32-50(36-52)55-23-15-19-42(4)43(55)5/h12-38H,1-11H3. The fraction of sp³-hybridized carbons (Fsp3) is 0.206. The molecular weight excluding hydrogens is 757 g/mol. The molecule has 312 valence electrons. The van der Waals surface area contributed by atoms with Crippen LogP contribution in [0.25, 0.3) is 88.3 Å². The third-order valence-corrected chi connectivity index (χ3v) is 13.3. The predicted octanol–water partition coefficient (Wildman–Crippen LogP) is 18.1. The minimum Gasteiger partial charge on any atom is -0.0614 e. The Kier molecular flexibility index (Phi) is 10.6. The number of aryl methyl sites for hydroxylation is 4. The molecule has 0 saturated carbocycles. The molecule has 0 heteroatoms. The highest BCUT2D eigenvalue weighted by atomic mass is 14.3. The first kappa shape index (κ1) is 41.8. The van der Waals surface area contributed by atoms with Gasteiger partial charge in [0.05, 0.1) is 0 Å². The van der Waals surface area contributed by atoms with Crippen molar-refractivity contribution in [2.24, 2.45) is 0 Å². The molecule has 0 nitrogen and oxygen atoms in total. The molecule has 0 saturated heterocycles. The summed E-state index contributed by atoms with van der Waals surface area (Å²) in [5.41, 5.74) is 23.8. The van der Waals surface area contributed by atoms with Gasteiger partial charge in [0.15, 0.2) is 0 Å². The molecule has 0 aliphatic carbocycles. The van der Waals surface area contributed by atoms with Gasteiger partial charge in [-0.25, -0.2) is 0 Å². The lowest BCUT2D eigenvalue weighted by molar-refractivity contribution is 0.590. The van der Waals surface area contributed by atoms with Crippen LogP contribution in [0.15, 0.2) is 164 Å². The number of hydrogen-bond acceptors (Lipinski definition) is 0. The molecule has 0 radical (unpaired) electrons. The molecule has 9 rings (SSSR count). The molecule has 0 atom stereocenters. The van der Waals surface area contributed by atoms with E-state index in [1.807, 2.05) is 0 Å². The highest BCUT2D eigenvalue weighted by Gasteiger charge is 2.24. The van der Waals surface area contributed by atoms with Crippen molar-refractivity contribution in [3.05, 3.63) is 203 Å². The zero-order valence-electron chi connectivity index (χ0n) is 39.1. The van der Waals surface area contributed by atoms with Crippen molar-refractivity contribution in [3.8, 4) is 66.8 Å². The summed E-state index contributed by atoms with van der Waals surface area (Å²) in [7, 11) is 0. The average molecular weight is 817 g/mol. The van der Waals surface area contributed by atoms with Crippen LogP contribution in [0.4, 0.5) is 0 Å². The minimum atomic E-state index is -0.0483. The topological polar surface area (TPSA) is 0 Å². The van der Waals surface area contributed by atoms with Gasteiger partial charge in [0.1, 0.15) is 0 Å². The van der Waals surface area contributed by atoms with E-state index >= 15 is 0 Å². The maximum absolute atomic E-state index is 2.51. The van der Waals surface area contributed by atoms with Gasteiger partial charge in [-0.3, -0.25) is 0 Å². The zero-order valence-corrected chi connectivity index (χ0v) is 39.1. The molecule has 0 aromatic heterocycles. The number of rotatable bonds is 6. The first-order valence-electron chi connectivity index (χ1n) is 22.6. The van der Waals surface area contributed by atoms with Gasteiger partial charge in [0.25, 0.3) is 0 Å². The molecule has 0 fully saturated rings. The first-order chi connectivity index (χ1) is 30.0. The molecule has 0 unspecified atom stereocenters. The van der Waals surface area contributed by atoms with Gasteiger partial charge in [0, 0.05) is 0 Å². The van der Waals surface area contributed by atoms with E-state index in [1.165, 1.54) is 127 Å². The SMILES string of the molecule is Cc1cccc(-c2cc(-c3cccc(C)c3)cc(-c3c4ccc(C(C)(C)C)cc4c(-c4cc(-c5cccc(C)c5)cc(-c5cccc(C)c5C)c4)c4ccc(C(C)(C)C)cc34)c2)c1. The summed E-state index contributed by atoms with van der Waals surface area (Å²) in [5, 5.41) is 5.09. The summed E-state index contributed by atoms with van der Waals surface area (Å²) in [6.45, 7) is 25.1. The molecule has 0 N–H and O–H groups in total. The van der Waals surface area contributed by atoms with Crippen LogP contribution < -0.4 is 0 Å². The molecule has 0 aliphatic rings. The van der Waals surface area contributed by atoms with Crippen molar-refractivity contribution < 1.29 is 0 Å². The Bertz CT molecular complexity index is 3160. The van der Waals surface area contributed by atoms with Gasteiger partial charge < -0.3 is 0 Å². The Labute approximate surface area is 376 Å². The van der Waals surface area contributed by atoms with Crippen LogP contribution >= 0.6 is 0 Å². The van der Waals surface area contributed by atoms with E-state index in [-0.39, 0.29) is 10.8 Å². The second-order valence-corrected chi connectivity index (χ2v) is 20.2. The summed E-state index contributed by atoms with van der Waals surface area (Å²) < 4.78 is 0. The van der Waals surface area contributed by atoms with Gasteiger partial charge in [-0.05, 0) is 205 Å². The number of fused-ring (bicyclic) bond motifs is 2. The Morgan fingerprint density at radius 1 is 0.286 bits per heavy atom. The maximum Gasteiger partial charge on any atom is -0.00258 e. The summed E-state index contributed by atoms with van der Waals surface area (Å²) in [5.74, 6) is 0. The second-order valence-electron chi connectivity index (χ2n) is 20.2. The summed E-state index contributed by atoms with van der Waals surface area (Å²) in [6, 6.07) is 62.8. The maximum atomic E-state index is 2.51. The van der Waals surface area contributed by atoms with Crippen molar-refractivity contribution in [3.63, 3.8) is 0 Å². The molecule has 0 aliphatic heterocycles. The van der Waals surface area contributed by atoms with Crippen LogP contribution in [0.5, 0.6) is 0 Å². The highest BCUT2D eigenvalue weighted by molar-refractivity contribution is 6.22. The van der Waals surface area contributed by atoms with Gasteiger partial charge in [-0.15, -0.1) is 0 Å². The lowest BCUT2D eigenvalue weighted by atomic mass is 9.78. The zero-order chi connectivity index (χ0) is 44.4. The van der Waals surface area contributed by atoms with Gasteiger partial charge in [0.2, 0.25) is 0 Å². The first-order valence-corrected chi connectivity index (χ1v) is 22.6. The van der Waals surface area contributed by atoms with Crippen molar-refractivity contribution in [2.45, 2.75) is 87.0 Å². The van der Waals surface area contributed by atoms with Gasteiger partial charge >= 0.3 is 0 Å². The fourth-order valence-corrected chi connectivity index (χ4v) is 9.52. The van der Waals surface area contributed by atoms with Crippen LogP contribution in [-0.4, -0.2) is 0 Å². The Hall–Kier alpha value is -6.50. The van der Waals surface area contributed by atoms with Crippen LogP contribution in [-0.2, 0) is 10.8 Å². The summed E-state index contributed by atoms with van der Waals surface area (Å²) >= 11 is 0. The van der Waals surface area contributed by atoms with Crippen LogP contribution in [0.1, 0.15) is 80.5 Å². The minimum absolute atomic E-state index is 0.0479. The monoisotopic (exact) mass is 816 g/mol. The van der Waals surface area contributed by atoms with Crippen molar-refractivity contribution in [1.29, 1.82) is 0 Å². The Morgan fingerprint density at radius 2 is 0.651 bits per heavy atom. The fourth-order valence-electron chi connectivity index (χ4n) is 9.52. The summed E-state index contributed by atoms with van der Waals surface area (Å²) in [6.07, 6.45) is 0. The van der Waals surface area contributed by atoms with Crippen molar-refractivity contribution in [2.75, 3.05) is 0 Å². The molecule has 0 heterocycles. The van der Waals surface area contributed by atoms with Gasteiger partial charge in [-0.1, -0.05) is 173 Å². The van der Waals surface area contributed by atoms with Crippen molar-refractivity contribution in [1.82, 2.24) is 0 Å². The summed E-state index contributed by atoms with van der Waals surface area (Å²) in [4.78, 5) is 0. The van der Waals surface area contributed by atoms with E-state index in [2.05, 4.69) is 240 Å². The Morgan fingerprint density at radius 3 is 1.05 bits per heavy atom. The normalized spacial score (nSPS) is 12.0. The van der Waals surface area contributed by atoms with E-state index < -0.39 is 0 Å². The van der Waals surface area contributed by atoms with Crippen LogP contribution in [0.2, 0.25) is 0 Å². The lowest BCUT2D eigenvalue weighted by Crippen LogP contribution is -2.11. The van der Waals surface area contributed by atoms with E-state index in [0.717, 1.165) is 0 Å². The van der Waals surface area contributed by atoms with E-state index in [9.17, 15) is 0 Å². The number of hydrogen-bond donors (Lipinski definition) is 0. The quantitative estimate of drug-likeness (QED) is 0.147.